The Morgan fingerprint density at radius 3 is 1.69 bits per heavy atom. The minimum atomic E-state index is -3.58. The molecule has 0 radical (unpaired) electrons. The van der Waals surface area contributed by atoms with Gasteiger partial charge >= 0.3 is 0 Å². The van der Waals surface area contributed by atoms with Gasteiger partial charge in [-0.05, 0) is 51.0 Å². The lowest BCUT2D eigenvalue weighted by Gasteiger charge is -2.40. The molecule has 1 aliphatic heterocycles. The van der Waals surface area contributed by atoms with Crippen LogP contribution in [0.1, 0.15) is 44.9 Å². The molecule has 1 aromatic heterocycles. The number of hydrogen-bond donors (Lipinski definition) is 0. The van der Waals surface area contributed by atoms with Crippen LogP contribution in [0.2, 0.25) is 0 Å². The molecular formula is C28H36N4O2S. The molecule has 2 aromatic carbocycles. The van der Waals surface area contributed by atoms with E-state index in [0.717, 1.165) is 32.0 Å². The van der Waals surface area contributed by atoms with Crippen molar-refractivity contribution in [3.63, 3.8) is 0 Å². The van der Waals surface area contributed by atoms with E-state index < -0.39 is 10.0 Å². The van der Waals surface area contributed by atoms with E-state index in [1.807, 2.05) is 33.8 Å². The minimum Gasteiger partial charge on any atom is -0.354 e. The Labute approximate surface area is 210 Å². The quantitative estimate of drug-likeness (QED) is 0.452. The predicted octanol–water partition coefficient (Wildman–Crippen LogP) is 4.80. The highest BCUT2D eigenvalue weighted by atomic mass is 32.2. The van der Waals surface area contributed by atoms with Gasteiger partial charge in [-0.15, -0.1) is 0 Å². The highest BCUT2D eigenvalue weighted by Gasteiger charge is 2.30. The number of hydrogen-bond acceptors (Lipinski definition) is 5. The Bertz CT molecular complexity index is 1130. The summed E-state index contributed by atoms with van der Waals surface area (Å²) < 4.78 is 27.8. The SMILES string of the molecule is CC(C)N(C(C)C)S(=O)(=O)c1ccc(N2CCN(C(c3ccccc3)c3ccccc3)CC2)nc1. The van der Waals surface area contributed by atoms with Crippen molar-refractivity contribution < 1.29 is 8.42 Å². The molecular weight excluding hydrogens is 456 g/mol. The van der Waals surface area contributed by atoms with E-state index >= 15 is 0 Å². The monoisotopic (exact) mass is 492 g/mol. The van der Waals surface area contributed by atoms with Gasteiger partial charge in [0.2, 0.25) is 10.0 Å². The van der Waals surface area contributed by atoms with Crippen molar-refractivity contribution in [2.45, 2.75) is 50.7 Å². The van der Waals surface area contributed by atoms with Crippen molar-refractivity contribution in [2.75, 3.05) is 31.1 Å². The molecule has 1 aliphatic rings. The van der Waals surface area contributed by atoms with E-state index in [2.05, 4.69) is 75.4 Å². The standard InChI is InChI=1S/C28H36N4O2S/c1-22(2)32(23(3)4)35(33,34)26-15-16-27(29-21-26)30-17-19-31(20-18-30)28(24-11-7-5-8-12-24)25-13-9-6-10-14-25/h5-16,21-23,28H,17-20H2,1-4H3. The van der Waals surface area contributed by atoms with Crippen LogP contribution in [0.15, 0.2) is 83.9 Å². The van der Waals surface area contributed by atoms with Crippen LogP contribution in [0.25, 0.3) is 0 Å². The molecule has 6 nitrogen and oxygen atoms in total. The normalized spacial score (nSPS) is 15.5. The zero-order chi connectivity index (χ0) is 25.0. The Hall–Kier alpha value is -2.74. The van der Waals surface area contributed by atoms with Crippen molar-refractivity contribution in [2.24, 2.45) is 0 Å². The van der Waals surface area contributed by atoms with E-state index in [1.54, 1.807) is 6.07 Å². The molecule has 0 unspecified atom stereocenters. The zero-order valence-electron chi connectivity index (χ0n) is 21.1. The predicted molar refractivity (Wildman–Crippen MR) is 142 cm³/mol. The number of anilines is 1. The van der Waals surface area contributed by atoms with Gasteiger partial charge in [0, 0.05) is 44.5 Å². The van der Waals surface area contributed by atoms with Gasteiger partial charge in [-0.2, -0.15) is 4.31 Å². The topological polar surface area (TPSA) is 56.8 Å². The third-order valence-corrected chi connectivity index (χ3v) is 8.78. The Kier molecular flexibility index (Phi) is 7.89. The van der Waals surface area contributed by atoms with Gasteiger partial charge in [0.05, 0.1) is 6.04 Å². The first kappa shape index (κ1) is 25.4. The fraction of sp³-hybridized carbons (Fsp3) is 0.393. The molecule has 2 heterocycles. The first-order valence-electron chi connectivity index (χ1n) is 12.4. The summed E-state index contributed by atoms with van der Waals surface area (Å²) in [4.78, 5) is 9.56. The number of piperazine rings is 1. The first-order chi connectivity index (χ1) is 16.8. The number of benzene rings is 2. The van der Waals surface area contributed by atoms with Crippen LogP contribution in [0.4, 0.5) is 5.82 Å². The summed E-state index contributed by atoms with van der Waals surface area (Å²) in [6.07, 6.45) is 1.51. The Morgan fingerprint density at radius 1 is 0.743 bits per heavy atom. The van der Waals surface area contributed by atoms with Crippen LogP contribution < -0.4 is 4.90 Å². The fourth-order valence-corrected chi connectivity index (χ4v) is 6.86. The highest BCUT2D eigenvalue weighted by Crippen LogP contribution is 2.30. The largest absolute Gasteiger partial charge is 0.354 e. The Morgan fingerprint density at radius 2 is 1.26 bits per heavy atom. The van der Waals surface area contributed by atoms with Crippen LogP contribution in [-0.4, -0.2) is 60.9 Å². The third kappa shape index (κ3) is 5.58. The second kappa shape index (κ2) is 10.9. The van der Waals surface area contributed by atoms with E-state index in [-0.39, 0.29) is 23.0 Å². The molecule has 7 heteroatoms. The van der Waals surface area contributed by atoms with Crippen LogP contribution in [0.3, 0.4) is 0 Å². The maximum Gasteiger partial charge on any atom is 0.245 e. The molecule has 4 rings (SSSR count). The van der Waals surface area contributed by atoms with Gasteiger partial charge in [-0.3, -0.25) is 4.90 Å². The number of pyridine rings is 1. The van der Waals surface area contributed by atoms with Crippen molar-refractivity contribution in [3.05, 3.63) is 90.1 Å². The lowest BCUT2D eigenvalue weighted by atomic mass is 9.96. The maximum absolute atomic E-state index is 13.2. The zero-order valence-corrected chi connectivity index (χ0v) is 21.9. The summed E-state index contributed by atoms with van der Waals surface area (Å²) in [5, 5.41) is 0. The number of rotatable bonds is 8. The summed E-state index contributed by atoms with van der Waals surface area (Å²) >= 11 is 0. The average molecular weight is 493 g/mol. The minimum absolute atomic E-state index is 0.116. The average Bonchev–Trinajstić information content (AvgIpc) is 2.85. The van der Waals surface area contributed by atoms with E-state index in [4.69, 9.17) is 0 Å². The molecule has 0 aliphatic carbocycles. The Balaban J connectivity index is 1.48. The third-order valence-electron chi connectivity index (χ3n) is 6.55. The molecule has 0 saturated carbocycles. The smallest absolute Gasteiger partial charge is 0.245 e. The lowest BCUT2D eigenvalue weighted by Crippen LogP contribution is -2.48. The maximum atomic E-state index is 13.2. The number of aromatic nitrogens is 1. The van der Waals surface area contributed by atoms with Crippen LogP contribution in [0, 0.1) is 0 Å². The molecule has 0 bridgehead atoms. The van der Waals surface area contributed by atoms with Gasteiger partial charge in [0.1, 0.15) is 10.7 Å². The van der Waals surface area contributed by atoms with Crippen molar-refractivity contribution in [1.82, 2.24) is 14.2 Å². The summed E-state index contributed by atoms with van der Waals surface area (Å²) in [7, 11) is -3.58. The molecule has 1 fully saturated rings. The summed E-state index contributed by atoms with van der Waals surface area (Å²) in [6, 6.07) is 24.8. The first-order valence-corrected chi connectivity index (χ1v) is 13.8. The molecule has 1 saturated heterocycles. The van der Waals surface area contributed by atoms with E-state index in [0.29, 0.717) is 0 Å². The van der Waals surface area contributed by atoms with Crippen LogP contribution in [-0.2, 0) is 10.0 Å². The van der Waals surface area contributed by atoms with Gasteiger partial charge in [0.15, 0.2) is 0 Å². The van der Waals surface area contributed by atoms with E-state index in [1.165, 1.54) is 21.6 Å². The molecule has 3 aromatic rings. The summed E-state index contributed by atoms with van der Waals surface area (Å²) in [6.45, 7) is 11.1. The number of sulfonamides is 1. The summed E-state index contributed by atoms with van der Waals surface area (Å²) in [5.74, 6) is 0.820. The molecule has 0 atom stereocenters. The van der Waals surface area contributed by atoms with Gasteiger partial charge in [0.25, 0.3) is 0 Å². The lowest BCUT2D eigenvalue weighted by molar-refractivity contribution is 0.212. The number of nitrogens with zero attached hydrogens (tertiary/aromatic N) is 4. The van der Waals surface area contributed by atoms with Gasteiger partial charge in [-0.1, -0.05) is 60.7 Å². The van der Waals surface area contributed by atoms with E-state index in [9.17, 15) is 8.42 Å². The van der Waals surface area contributed by atoms with Crippen molar-refractivity contribution in [1.29, 1.82) is 0 Å². The molecule has 35 heavy (non-hydrogen) atoms. The van der Waals surface area contributed by atoms with Gasteiger partial charge in [-0.25, -0.2) is 13.4 Å². The molecule has 0 N–H and O–H groups in total. The molecule has 186 valence electrons. The van der Waals surface area contributed by atoms with Crippen molar-refractivity contribution in [3.8, 4) is 0 Å². The second-order valence-electron chi connectivity index (χ2n) is 9.62. The van der Waals surface area contributed by atoms with Crippen LogP contribution >= 0.6 is 0 Å². The summed E-state index contributed by atoms with van der Waals surface area (Å²) in [5.41, 5.74) is 2.58. The second-order valence-corrected chi connectivity index (χ2v) is 11.5. The van der Waals surface area contributed by atoms with Gasteiger partial charge < -0.3 is 4.90 Å². The molecule has 0 amide bonds. The van der Waals surface area contributed by atoms with Crippen LogP contribution in [0.5, 0.6) is 0 Å². The van der Waals surface area contributed by atoms with Crippen molar-refractivity contribution >= 4 is 15.8 Å². The highest BCUT2D eigenvalue weighted by molar-refractivity contribution is 7.89. The fourth-order valence-electron chi connectivity index (χ4n) is 5.08. The molecule has 0 spiro atoms.